The summed E-state index contributed by atoms with van der Waals surface area (Å²) < 4.78 is 9.33. The van der Waals surface area contributed by atoms with Gasteiger partial charge in [-0.15, -0.1) is 0 Å². The molecular weight excluding hydrogens is 282 g/mol. The Hall–Kier alpha value is -2.28. The van der Waals surface area contributed by atoms with Crippen molar-refractivity contribution in [1.82, 2.24) is 19.7 Å². The van der Waals surface area contributed by atoms with Crippen LogP contribution in [0, 0.1) is 0 Å². The first-order valence-electron chi connectivity index (χ1n) is 7.49. The normalized spacial score (nSPS) is 17.6. The molecule has 2 amide bonds. The molecule has 2 aromatic heterocycles. The third kappa shape index (κ3) is 3.88. The van der Waals surface area contributed by atoms with Crippen LogP contribution in [0.25, 0.3) is 0 Å². The van der Waals surface area contributed by atoms with Gasteiger partial charge in [-0.25, -0.2) is 4.79 Å². The summed E-state index contributed by atoms with van der Waals surface area (Å²) in [5.74, 6) is 0. The van der Waals surface area contributed by atoms with Crippen molar-refractivity contribution in [1.29, 1.82) is 0 Å². The van der Waals surface area contributed by atoms with Crippen molar-refractivity contribution >= 4 is 11.7 Å². The molecule has 0 bridgehead atoms. The van der Waals surface area contributed by atoms with Crippen molar-refractivity contribution in [2.24, 2.45) is 7.05 Å². The zero-order valence-electron chi connectivity index (χ0n) is 12.7. The number of anilines is 1. The van der Waals surface area contributed by atoms with E-state index in [9.17, 15) is 4.79 Å². The van der Waals surface area contributed by atoms with Gasteiger partial charge in [0.25, 0.3) is 0 Å². The van der Waals surface area contributed by atoms with Gasteiger partial charge < -0.3 is 19.9 Å². The highest BCUT2D eigenvalue weighted by Gasteiger charge is 2.16. The summed E-state index contributed by atoms with van der Waals surface area (Å²) in [6.45, 7) is 2.06. The average molecular weight is 303 g/mol. The maximum atomic E-state index is 11.9. The lowest BCUT2D eigenvalue weighted by Crippen LogP contribution is -2.27. The van der Waals surface area contributed by atoms with Gasteiger partial charge in [0.05, 0.1) is 24.5 Å². The molecule has 1 saturated heterocycles. The fourth-order valence-corrected chi connectivity index (χ4v) is 2.55. The second kappa shape index (κ2) is 6.65. The molecule has 0 aliphatic carbocycles. The second-order valence-corrected chi connectivity index (χ2v) is 5.58. The van der Waals surface area contributed by atoms with Crippen molar-refractivity contribution in [3.63, 3.8) is 0 Å². The summed E-state index contributed by atoms with van der Waals surface area (Å²) in [5, 5.41) is 9.85. The summed E-state index contributed by atoms with van der Waals surface area (Å²) >= 11 is 0. The van der Waals surface area contributed by atoms with Crippen molar-refractivity contribution in [3.8, 4) is 0 Å². The summed E-state index contributed by atoms with van der Waals surface area (Å²) in [4.78, 5) is 11.9. The quantitative estimate of drug-likeness (QED) is 0.883. The molecule has 3 heterocycles. The van der Waals surface area contributed by atoms with E-state index in [1.54, 1.807) is 6.20 Å². The first-order valence-corrected chi connectivity index (χ1v) is 7.49. The number of aromatic nitrogens is 3. The Kier molecular flexibility index (Phi) is 4.43. The zero-order valence-corrected chi connectivity index (χ0v) is 12.7. The molecule has 3 rings (SSSR count). The minimum atomic E-state index is -0.236. The molecule has 7 nitrogen and oxygen atoms in total. The van der Waals surface area contributed by atoms with E-state index < -0.39 is 0 Å². The number of nitrogens with zero attached hydrogens (tertiary/aromatic N) is 3. The molecule has 2 aromatic rings. The molecular formula is C15H21N5O2. The zero-order chi connectivity index (χ0) is 15.4. The number of aryl methyl sites for hydroxylation is 1. The van der Waals surface area contributed by atoms with Crippen LogP contribution in [0.5, 0.6) is 0 Å². The van der Waals surface area contributed by atoms with E-state index in [4.69, 9.17) is 4.74 Å². The van der Waals surface area contributed by atoms with Crippen LogP contribution in [0.2, 0.25) is 0 Å². The van der Waals surface area contributed by atoms with Crippen LogP contribution in [0.15, 0.2) is 30.9 Å². The number of carbonyl (C=O) groups excluding carboxylic acids is 1. The summed E-state index contributed by atoms with van der Waals surface area (Å²) in [7, 11) is 1.95. The van der Waals surface area contributed by atoms with E-state index in [1.807, 2.05) is 41.0 Å². The summed E-state index contributed by atoms with van der Waals surface area (Å²) in [6.07, 6.45) is 9.81. The van der Waals surface area contributed by atoms with Gasteiger partial charge in [-0.2, -0.15) is 5.10 Å². The highest BCUT2D eigenvalue weighted by atomic mass is 16.5. The Labute approximate surface area is 129 Å². The molecule has 0 radical (unpaired) electrons. The standard InChI is InChI=1S/C15H21N5O2/c1-19-5-4-12(9-19)7-16-15(21)18-13-8-17-20(10-13)11-14-3-2-6-22-14/h4-5,8-10,14H,2-3,6-7,11H2,1H3,(H2,16,18,21). The number of hydrogen-bond acceptors (Lipinski definition) is 3. The van der Waals surface area contributed by atoms with Gasteiger partial charge >= 0.3 is 6.03 Å². The Bertz CT molecular complexity index is 627. The number of rotatable bonds is 5. The molecule has 1 aliphatic heterocycles. The second-order valence-electron chi connectivity index (χ2n) is 5.58. The molecule has 2 N–H and O–H groups in total. The van der Waals surface area contributed by atoms with E-state index in [-0.39, 0.29) is 12.1 Å². The summed E-state index contributed by atoms with van der Waals surface area (Å²) in [6, 6.07) is 1.74. The maximum Gasteiger partial charge on any atom is 0.319 e. The van der Waals surface area contributed by atoms with Crippen LogP contribution in [0.1, 0.15) is 18.4 Å². The number of amides is 2. The van der Waals surface area contributed by atoms with Crippen LogP contribution < -0.4 is 10.6 Å². The first-order chi connectivity index (χ1) is 10.7. The van der Waals surface area contributed by atoms with Crippen LogP contribution in [-0.4, -0.2) is 33.1 Å². The fraction of sp³-hybridized carbons (Fsp3) is 0.467. The molecule has 0 aromatic carbocycles. The minimum Gasteiger partial charge on any atom is -0.376 e. The van der Waals surface area contributed by atoms with Crippen molar-refractivity contribution in [2.75, 3.05) is 11.9 Å². The number of hydrogen-bond donors (Lipinski definition) is 2. The highest BCUT2D eigenvalue weighted by molar-refractivity contribution is 5.88. The Balaban J connectivity index is 1.45. The smallest absolute Gasteiger partial charge is 0.319 e. The van der Waals surface area contributed by atoms with Crippen molar-refractivity contribution in [3.05, 3.63) is 36.4 Å². The van der Waals surface area contributed by atoms with E-state index in [1.165, 1.54) is 0 Å². The van der Waals surface area contributed by atoms with Crippen LogP contribution >= 0.6 is 0 Å². The molecule has 7 heteroatoms. The molecule has 118 valence electrons. The van der Waals surface area contributed by atoms with Gasteiger partial charge in [-0.1, -0.05) is 0 Å². The fourth-order valence-electron chi connectivity index (χ4n) is 2.55. The van der Waals surface area contributed by atoms with Gasteiger partial charge in [-0.3, -0.25) is 4.68 Å². The molecule has 0 spiro atoms. The van der Waals surface area contributed by atoms with Crippen LogP contribution in [0.3, 0.4) is 0 Å². The van der Waals surface area contributed by atoms with Gasteiger partial charge in [0.15, 0.2) is 0 Å². The first kappa shape index (κ1) is 14.6. The van der Waals surface area contributed by atoms with Crippen molar-refractivity contribution < 1.29 is 9.53 Å². The number of urea groups is 1. The van der Waals surface area contributed by atoms with Crippen LogP contribution in [-0.2, 0) is 24.9 Å². The predicted molar refractivity (Wildman–Crippen MR) is 82.5 cm³/mol. The molecule has 22 heavy (non-hydrogen) atoms. The van der Waals surface area contributed by atoms with Gasteiger partial charge in [0.2, 0.25) is 0 Å². The monoisotopic (exact) mass is 303 g/mol. The lowest BCUT2D eigenvalue weighted by atomic mass is 10.2. The van der Waals surface area contributed by atoms with E-state index in [0.717, 1.165) is 31.6 Å². The predicted octanol–water partition coefficient (Wildman–Crippen LogP) is 1.72. The third-order valence-electron chi connectivity index (χ3n) is 3.65. The Morgan fingerprint density at radius 3 is 3.14 bits per heavy atom. The average Bonchev–Trinajstić information content (AvgIpc) is 3.21. The number of nitrogens with one attached hydrogen (secondary N) is 2. The van der Waals surface area contributed by atoms with E-state index in [0.29, 0.717) is 12.2 Å². The van der Waals surface area contributed by atoms with E-state index in [2.05, 4.69) is 15.7 Å². The lowest BCUT2D eigenvalue weighted by Gasteiger charge is -2.08. The Morgan fingerprint density at radius 1 is 1.50 bits per heavy atom. The van der Waals surface area contributed by atoms with Gasteiger partial charge in [-0.05, 0) is 24.5 Å². The minimum absolute atomic E-state index is 0.236. The molecule has 1 unspecified atom stereocenters. The summed E-state index contributed by atoms with van der Waals surface area (Å²) in [5.41, 5.74) is 1.75. The SMILES string of the molecule is Cn1ccc(CNC(=O)Nc2cnn(CC3CCCO3)c2)c1. The molecule has 1 atom stereocenters. The largest absolute Gasteiger partial charge is 0.376 e. The molecule has 0 saturated carbocycles. The van der Waals surface area contributed by atoms with Crippen molar-refractivity contribution in [2.45, 2.75) is 32.0 Å². The van der Waals surface area contributed by atoms with Gasteiger partial charge in [0, 0.05) is 38.8 Å². The molecule has 1 fully saturated rings. The third-order valence-corrected chi connectivity index (χ3v) is 3.65. The topological polar surface area (TPSA) is 73.1 Å². The lowest BCUT2D eigenvalue weighted by molar-refractivity contribution is 0.0940. The number of ether oxygens (including phenoxy) is 1. The van der Waals surface area contributed by atoms with Gasteiger partial charge in [0.1, 0.15) is 0 Å². The Morgan fingerprint density at radius 2 is 2.41 bits per heavy atom. The maximum absolute atomic E-state index is 11.9. The van der Waals surface area contributed by atoms with E-state index >= 15 is 0 Å². The van der Waals surface area contributed by atoms with Crippen LogP contribution in [0.4, 0.5) is 10.5 Å². The molecule has 1 aliphatic rings. The highest BCUT2D eigenvalue weighted by Crippen LogP contribution is 2.14. The number of carbonyl (C=O) groups is 1.